The summed E-state index contributed by atoms with van der Waals surface area (Å²) in [6.45, 7) is 2.02. The second-order valence-electron chi connectivity index (χ2n) is 9.73. The molecule has 0 spiro atoms. The van der Waals surface area contributed by atoms with Gasteiger partial charge in [0.05, 0.1) is 30.2 Å². The van der Waals surface area contributed by atoms with Gasteiger partial charge >= 0.3 is 0 Å². The van der Waals surface area contributed by atoms with Gasteiger partial charge in [-0.25, -0.2) is 27.3 Å². The van der Waals surface area contributed by atoms with Crippen molar-refractivity contribution in [3.63, 3.8) is 0 Å². The molecule has 0 radical (unpaired) electrons. The largest absolute Gasteiger partial charge is 0.353 e. The molecule has 2 aliphatic heterocycles. The Hall–Kier alpha value is -3.57. The van der Waals surface area contributed by atoms with Gasteiger partial charge in [-0.15, -0.1) is 5.10 Å². The van der Waals surface area contributed by atoms with E-state index in [-0.39, 0.29) is 17.9 Å². The van der Waals surface area contributed by atoms with Crippen LogP contribution in [0.2, 0.25) is 0 Å². The van der Waals surface area contributed by atoms with E-state index >= 15 is 0 Å². The van der Waals surface area contributed by atoms with Crippen LogP contribution in [-0.2, 0) is 10.0 Å². The molecule has 11 heteroatoms. The Bertz CT molecular complexity index is 1570. The van der Waals surface area contributed by atoms with Crippen molar-refractivity contribution in [2.45, 2.75) is 24.9 Å². The fourth-order valence-corrected chi connectivity index (χ4v) is 5.85. The van der Waals surface area contributed by atoms with Crippen LogP contribution in [0.1, 0.15) is 24.4 Å². The number of nitrogens with zero attached hydrogens (tertiary/aromatic N) is 7. The van der Waals surface area contributed by atoms with E-state index in [4.69, 9.17) is 10.1 Å². The zero-order valence-corrected chi connectivity index (χ0v) is 21.5. The zero-order chi connectivity index (χ0) is 25.7. The van der Waals surface area contributed by atoms with E-state index in [1.807, 2.05) is 36.4 Å². The first-order valence-electron chi connectivity index (χ1n) is 12.3. The van der Waals surface area contributed by atoms with Gasteiger partial charge in [0.25, 0.3) is 0 Å². The second kappa shape index (κ2) is 9.07. The van der Waals surface area contributed by atoms with Crippen LogP contribution in [0.3, 0.4) is 0 Å². The molecule has 6 rings (SSSR count). The molecule has 2 aliphatic rings. The summed E-state index contributed by atoms with van der Waals surface area (Å²) in [6.07, 6.45) is 4.94. The van der Waals surface area contributed by atoms with Crippen LogP contribution in [0.25, 0.3) is 17.0 Å². The van der Waals surface area contributed by atoms with Crippen LogP contribution in [0, 0.1) is 5.82 Å². The first kappa shape index (κ1) is 23.8. The van der Waals surface area contributed by atoms with Gasteiger partial charge in [0, 0.05) is 26.7 Å². The molecular weight excluding hydrogens is 493 g/mol. The molecule has 1 aromatic carbocycles. The minimum atomic E-state index is -3.23. The number of hydrogen-bond acceptors (Lipinski definition) is 7. The van der Waals surface area contributed by atoms with Gasteiger partial charge in [0.15, 0.2) is 5.65 Å². The summed E-state index contributed by atoms with van der Waals surface area (Å²) in [6, 6.07) is 16.5. The van der Waals surface area contributed by atoms with E-state index in [1.165, 1.54) is 16.6 Å². The number of anilines is 2. The number of imidazole rings is 1. The Morgan fingerprint density at radius 1 is 1.05 bits per heavy atom. The first-order valence-corrected chi connectivity index (χ1v) is 14.1. The maximum absolute atomic E-state index is 13.9. The van der Waals surface area contributed by atoms with Crippen LogP contribution < -0.4 is 9.80 Å². The van der Waals surface area contributed by atoms with Crippen molar-refractivity contribution in [1.82, 2.24) is 23.9 Å². The molecule has 1 atom stereocenters. The Labute approximate surface area is 215 Å². The summed E-state index contributed by atoms with van der Waals surface area (Å²) in [5.41, 5.74) is 3.17. The molecule has 2 saturated heterocycles. The summed E-state index contributed by atoms with van der Waals surface area (Å²) in [4.78, 5) is 13.7. The first-order chi connectivity index (χ1) is 17.8. The molecule has 0 aliphatic carbocycles. The number of likely N-dealkylation sites (N-methyl/N-ethyl adjacent to an activating group) is 1. The summed E-state index contributed by atoms with van der Waals surface area (Å²) < 4.78 is 40.8. The third kappa shape index (κ3) is 4.42. The van der Waals surface area contributed by atoms with Gasteiger partial charge in [-0.3, -0.25) is 0 Å². The predicted octanol–water partition coefficient (Wildman–Crippen LogP) is 3.35. The molecule has 0 saturated carbocycles. The lowest BCUT2D eigenvalue weighted by Crippen LogP contribution is -2.59. The van der Waals surface area contributed by atoms with E-state index in [0.717, 1.165) is 48.0 Å². The highest BCUT2D eigenvalue weighted by atomic mass is 32.2. The molecule has 9 nitrogen and oxygen atoms in total. The average Bonchev–Trinajstić information content (AvgIpc) is 3.50. The van der Waals surface area contributed by atoms with Gasteiger partial charge in [-0.1, -0.05) is 18.2 Å². The second-order valence-corrected chi connectivity index (χ2v) is 11.8. The Morgan fingerprint density at radius 3 is 2.65 bits per heavy atom. The Kier molecular flexibility index (Phi) is 5.84. The number of sulfonamides is 1. The molecule has 0 unspecified atom stereocenters. The van der Waals surface area contributed by atoms with Gasteiger partial charge in [0.1, 0.15) is 23.1 Å². The van der Waals surface area contributed by atoms with Crippen LogP contribution in [-0.4, -0.2) is 71.3 Å². The normalized spacial score (nSPS) is 18.6. The van der Waals surface area contributed by atoms with E-state index < -0.39 is 10.0 Å². The molecule has 4 aromatic rings. The predicted molar refractivity (Wildman–Crippen MR) is 141 cm³/mol. The molecule has 192 valence electrons. The topological polar surface area (TPSA) is 86.9 Å². The molecular formula is C26H28FN7O2S. The molecule has 5 heterocycles. The molecule has 37 heavy (non-hydrogen) atoms. The minimum Gasteiger partial charge on any atom is -0.353 e. The Morgan fingerprint density at radius 2 is 1.86 bits per heavy atom. The minimum absolute atomic E-state index is 0.0630. The van der Waals surface area contributed by atoms with Crippen LogP contribution in [0.5, 0.6) is 0 Å². The molecule has 3 aromatic heterocycles. The highest BCUT2D eigenvalue weighted by Gasteiger charge is 2.35. The molecule has 0 N–H and O–H groups in total. The average molecular weight is 522 g/mol. The van der Waals surface area contributed by atoms with Crippen LogP contribution in [0.15, 0.2) is 60.8 Å². The smallest absolute Gasteiger partial charge is 0.211 e. The summed E-state index contributed by atoms with van der Waals surface area (Å²) in [7, 11) is -1.61. The zero-order valence-electron chi connectivity index (χ0n) is 20.7. The van der Waals surface area contributed by atoms with Crippen molar-refractivity contribution in [2.75, 3.05) is 42.7 Å². The number of aromatic nitrogens is 4. The summed E-state index contributed by atoms with van der Waals surface area (Å²) in [5.74, 6) is 1.36. The Balaban J connectivity index is 1.28. The van der Waals surface area contributed by atoms with Crippen molar-refractivity contribution in [3.8, 4) is 11.4 Å². The van der Waals surface area contributed by atoms with Gasteiger partial charge in [-0.05, 0) is 54.8 Å². The fraction of sp³-hybridized carbons (Fsp3) is 0.346. The van der Waals surface area contributed by atoms with E-state index in [0.29, 0.717) is 18.7 Å². The number of benzene rings is 1. The maximum atomic E-state index is 13.9. The maximum Gasteiger partial charge on any atom is 0.211 e. The number of rotatable bonds is 6. The number of fused-ring (bicyclic) bond motifs is 1. The number of halogens is 1. The monoisotopic (exact) mass is 521 g/mol. The van der Waals surface area contributed by atoms with Crippen molar-refractivity contribution in [1.29, 1.82) is 0 Å². The molecule has 0 amide bonds. The van der Waals surface area contributed by atoms with Crippen molar-refractivity contribution < 1.29 is 12.8 Å². The standard InChI is InChI=1S/C26H28FN7O2S/c1-31(37(2,35)36)20-16-32(17-20)25-10-4-8-21(29-25)23-15-28-24-11-12-26(30-34(23)24)33-13-5-9-22(33)18-6-3-7-19(27)14-18/h3-4,6-8,10-12,14-15,20,22H,5,9,13,16-17H2,1-2H3/t22-/m1/s1. The van der Waals surface area contributed by atoms with Crippen molar-refractivity contribution in [2.24, 2.45) is 0 Å². The van der Waals surface area contributed by atoms with Crippen LogP contribution in [0.4, 0.5) is 16.0 Å². The lowest BCUT2D eigenvalue weighted by Gasteiger charge is -2.43. The van der Waals surface area contributed by atoms with Gasteiger partial charge in [-0.2, -0.15) is 4.31 Å². The quantitative estimate of drug-likeness (QED) is 0.385. The summed E-state index contributed by atoms with van der Waals surface area (Å²) in [5, 5.41) is 4.92. The lowest BCUT2D eigenvalue weighted by atomic mass is 10.0. The van der Waals surface area contributed by atoms with E-state index in [1.54, 1.807) is 29.9 Å². The number of pyridine rings is 1. The van der Waals surface area contributed by atoms with Crippen LogP contribution >= 0.6 is 0 Å². The van der Waals surface area contributed by atoms with Crippen molar-refractivity contribution in [3.05, 3.63) is 72.2 Å². The van der Waals surface area contributed by atoms with E-state index in [9.17, 15) is 12.8 Å². The third-order valence-electron chi connectivity index (χ3n) is 7.35. The highest BCUT2D eigenvalue weighted by molar-refractivity contribution is 7.88. The molecule has 0 bridgehead atoms. The van der Waals surface area contributed by atoms with Gasteiger partial charge < -0.3 is 9.80 Å². The number of hydrogen-bond donors (Lipinski definition) is 0. The fourth-order valence-electron chi connectivity index (χ4n) is 5.18. The lowest BCUT2D eigenvalue weighted by molar-refractivity contribution is 0.311. The highest BCUT2D eigenvalue weighted by Crippen LogP contribution is 2.36. The molecule has 2 fully saturated rings. The third-order valence-corrected chi connectivity index (χ3v) is 8.69. The SMILES string of the molecule is CN(C1CN(c2cccc(-c3cnc4ccc(N5CCC[C@@H]5c5cccc(F)c5)nn34)n2)C1)S(C)(=O)=O. The van der Waals surface area contributed by atoms with Crippen molar-refractivity contribution >= 4 is 27.3 Å². The summed E-state index contributed by atoms with van der Waals surface area (Å²) >= 11 is 0. The van der Waals surface area contributed by atoms with E-state index in [2.05, 4.69) is 14.8 Å². The van der Waals surface area contributed by atoms with Gasteiger partial charge in [0.2, 0.25) is 10.0 Å².